The number of benzene rings is 2. The zero-order valence-electron chi connectivity index (χ0n) is 15.5. The average molecular weight is 389 g/mol. The SMILES string of the molecule is CCN(C(=O)[C@H](C)OC(=O)/C=C/c1ccc(OC(F)F)cc1)c1ccccc1. The number of amides is 1. The maximum absolute atomic E-state index is 12.6. The fraction of sp³-hybridized carbons (Fsp3) is 0.238. The van der Waals surface area contributed by atoms with E-state index in [9.17, 15) is 18.4 Å². The van der Waals surface area contributed by atoms with Crippen molar-refractivity contribution in [3.8, 4) is 5.75 Å². The molecule has 0 N–H and O–H groups in total. The third kappa shape index (κ3) is 6.19. The molecule has 0 saturated heterocycles. The van der Waals surface area contributed by atoms with Gasteiger partial charge in [-0.15, -0.1) is 0 Å². The van der Waals surface area contributed by atoms with E-state index in [2.05, 4.69) is 4.74 Å². The van der Waals surface area contributed by atoms with Gasteiger partial charge < -0.3 is 14.4 Å². The van der Waals surface area contributed by atoms with Crippen LogP contribution in [-0.2, 0) is 14.3 Å². The number of hydrogen-bond acceptors (Lipinski definition) is 4. The van der Waals surface area contributed by atoms with Crippen LogP contribution in [0, 0.1) is 0 Å². The fourth-order valence-corrected chi connectivity index (χ4v) is 2.48. The molecule has 0 spiro atoms. The van der Waals surface area contributed by atoms with Crippen LogP contribution in [0.1, 0.15) is 19.4 Å². The summed E-state index contributed by atoms with van der Waals surface area (Å²) in [5.41, 5.74) is 1.32. The van der Waals surface area contributed by atoms with Crippen molar-refractivity contribution >= 4 is 23.6 Å². The Morgan fingerprint density at radius 1 is 1.07 bits per heavy atom. The van der Waals surface area contributed by atoms with Gasteiger partial charge in [-0.05, 0) is 49.8 Å². The average Bonchev–Trinajstić information content (AvgIpc) is 2.68. The highest BCUT2D eigenvalue weighted by Crippen LogP contribution is 2.17. The van der Waals surface area contributed by atoms with Crippen LogP contribution >= 0.6 is 0 Å². The van der Waals surface area contributed by atoms with E-state index in [0.29, 0.717) is 12.1 Å². The van der Waals surface area contributed by atoms with E-state index in [1.807, 2.05) is 25.1 Å². The number of nitrogens with zero attached hydrogens (tertiary/aromatic N) is 1. The molecule has 1 amide bonds. The number of halogens is 2. The summed E-state index contributed by atoms with van der Waals surface area (Å²) in [5.74, 6) is -0.990. The van der Waals surface area contributed by atoms with Crippen LogP contribution in [0.25, 0.3) is 6.08 Å². The van der Waals surface area contributed by atoms with Crippen molar-refractivity contribution in [2.45, 2.75) is 26.6 Å². The zero-order chi connectivity index (χ0) is 20.5. The first-order valence-electron chi connectivity index (χ1n) is 8.70. The van der Waals surface area contributed by atoms with Gasteiger partial charge in [-0.2, -0.15) is 8.78 Å². The summed E-state index contributed by atoms with van der Waals surface area (Å²) in [5, 5.41) is 0. The van der Waals surface area contributed by atoms with Crippen molar-refractivity contribution in [2.75, 3.05) is 11.4 Å². The zero-order valence-corrected chi connectivity index (χ0v) is 15.5. The topological polar surface area (TPSA) is 55.8 Å². The summed E-state index contributed by atoms with van der Waals surface area (Å²) in [7, 11) is 0. The highest BCUT2D eigenvalue weighted by molar-refractivity contribution is 5.98. The van der Waals surface area contributed by atoms with E-state index in [0.717, 1.165) is 5.69 Å². The number of likely N-dealkylation sites (N-methyl/N-ethyl adjacent to an activating group) is 1. The lowest BCUT2D eigenvalue weighted by Gasteiger charge is -2.24. The van der Waals surface area contributed by atoms with Gasteiger partial charge in [-0.3, -0.25) is 4.79 Å². The molecule has 0 fully saturated rings. The fourth-order valence-electron chi connectivity index (χ4n) is 2.48. The van der Waals surface area contributed by atoms with Gasteiger partial charge in [0, 0.05) is 18.3 Å². The van der Waals surface area contributed by atoms with Gasteiger partial charge in [0.05, 0.1) is 0 Å². The highest BCUT2D eigenvalue weighted by Gasteiger charge is 2.23. The molecule has 148 valence electrons. The van der Waals surface area contributed by atoms with Crippen LogP contribution in [0.4, 0.5) is 14.5 Å². The Hall–Kier alpha value is -3.22. The second kappa shape index (κ2) is 10.2. The largest absolute Gasteiger partial charge is 0.449 e. The number of anilines is 1. The summed E-state index contributed by atoms with van der Waals surface area (Å²) in [4.78, 5) is 26.1. The second-order valence-electron chi connectivity index (χ2n) is 5.78. The first-order chi connectivity index (χ1) is 13.4. The predicted molar refractivity (Wildman–Crippen MR) is 102 cm³/mol. The number of carbonyl (C=O) groups is 2. The maximum Gasteiger partial charge on any atom is 0.387 e. The smallest absolute Gasteiger partial charge is 0.387 e. The number of hydrogen-bond donors (Lipinski definition) is 0. The normalized spacial score (nSPS) is 12.0. The number of carbonyl (C=O) groups excluding carboxylic acids is 2. The minimum absolute atomic E-state index is 0.0227. The molecule has 0 aliphatic heterocycles. The van der Waals surface area contributed by atoms with Crippen molar-refractivity contribution in [3.05, 3.63) is 66.2 Å². The molecule has 0 aliphatic rings. The third-order valence-corrected chi connectivity index (χ3v) is 3.81. The van der Waals surface area contributed by atoms with Crippen molar-refractivity contribution in [1.29, 1.82) is 0 Å². The van der Waals surface area contributed by atoms with E-state index >= 15 is 0 Å². The molecule has 0 unspecified atom stereocenters. The Morgan fingerprint density at radius 3 is 2.29 bits per heavy atom. The molecule has 28 heavy (non-hydrogen) atoms. The molecule has 2 aromatic rings. The quantitative estimate of drug-likeness (QED) is 0.499. The van der Waals surface area contributed by atoms with E-state index in [1.165, 1.54) is 48.2 Å². The van der Waals surface area contributed by atoms with Gasteiger partial charge in [-0.25, -0.2) is 4.79 Å². The lowest BCUT2D eigenvalue weighted by atomic mass is 10.2. The number of para-hydroxylation sites is 1. The van der Waals surface area contributed by atoms with Gasteiger partial charge in [-0.1, -0.05) is 30.3 Å². The van der Waals surface area contributed by atoms with Gasteiger partial charge in [0.15, 0.2) is 6.10 Å². The lowest BCUT2D eigenvalue weighted by molar-refractivity contribution is -0.149. The summed E-state index contributed by atoms with van der Waals surface area (Å²) in [6.07, 6.45) is 1.67. The molecule has 0 radical (unpaired) electrons. The number of rotatable bonds is 8. The summed E-state index contributed by atoms with van der Waals surface area (Å²) in [6, 6.07) is 14.9. The van der Waals surface area contributed by atoms with Gasteiger partial charge in [0.2, 0.25) is 0 Å². The molecular formula is C21H21F2NO4. The molecule has 2 rings (SSSR count). The molecule has 7 heteroatoms. The van der Waals surface area contributed by atoms with Crippen LogP contribution in [-0.4, -0.2) is 31.1 Å². The van der Waals surface area contributed by atoms with Crippen LogP contribution < -0.4 is 9.64 Å². The van der Waals surface area contributed by atoms with Crippen LogP contribution in [0.5, 0.6) is 5.75 Å². The van der Waals surface area contributed by atoms with E-state index in [-0.39, 0.29) is 11.7 Å². The van der Waals surface area contributed by atoms with Crippen molar-refractivity contribution in [1.82, 2.24) is 0 Å². The highest BCUT2D eigenvalue weighted by atomic mass is 19.3. The van der Waals surface area contributed by atoms with Gasteiger partial charge >= 0.3 is 12.6 Å². The molecular weight excluding hydrogens is 368 g/mol. The van der Waals surface area contributed by atoms with Crippen molar-refractivity contribution < 1.29 is 27.8 Å². The van der Waals surface area contributed by atoms with Gasteiger partial charge in [0.25, 0.3) is 5.91 Å². The number of esters is 1. The summed E-state index contributed by atoms with van der Waals surface area (Å²) >= 11 is 0. The molecule has 2 aromatic carbocycles. The summed E-state index contributed by atoms with van der Waals surface area (Å²) < 4.78 is 33.7. The molecule has 0 heterocycles. The first-order valence-corrected chi connectivity index (χ1v) is 8.70. The van der Waals surface area contributed by atoms with Crippen LogP contribution in [0.2, 0.25) is 0 Å². The van der Waals surface area contributed by atoms with Crippen LogP contribution in [0.15, 0.2) is 60.7 Å². The van der Waals surface area contributed by atoms with E-state index < -0.39 is 18.7 Å². The monoisotopic (exact) mass is 389 g/mol. The molecule has 0 bridgehead atoms. The Kier molecular flexibility index (Phi) is 7.68. The van der Waals surface area contributed by atoms with E-state index in [4.69, 9.17) is 4.74 Å². The molecule has 5 nitrogen and oxygen atoms in total. The Balaban J connectivity index is 1.94. The summed E-state index contributed by atoms with van der Waals surface area (Å²) in [6.45, 7) is 0.888. The number of ether oxygens (including phenoxy) is 2. The van der Waals surface area contributed by atoms with Crippen molar-refractivity contribution in [2.24, 2.45) is 0 Å². The van der Waals surface area contributed by atoms with Crippen LogP contribution in [0.3, 0.4) is 0 Å². The van der Waals surface area contributed by atoms with E-state index in [1.54, 1.807) is 12.1 Å². The standard InChI is InChI=1S/C21H21F2NO4/c1-3-24(17-7-5-4-6-8-17)20(26)15(2)27-19(25)14-11-16-9-12-18(13-10-16)28-21(22)23/h4-15,21H,3H2,1-2H3/b14-11+/t15-/m0/s1. The van der Waals surface area contributed by atoms with Gasteiger partial charge in [0.1, 0.15) is 5.75 Å². The molecule has 0 aromatic heterocycles. The maximum atomic E-state index is 12.6. The second-order valence-corrected chi connectivity index (χ2v) is 5.78. The lowest BCUT2D eigenvalue weighted by Crippen LogP contribution is -2.39. The minimum atomic E-state index is -2.89. The Morgan fingerprint density at radius 2 is 1.71 bits per heavy atom. The molecule has 0 aliphatic carbocycles. The Labute approximate surface area is 162 Å². The Bertz CT molecular complexity index is 807. The predicted octanol–water partition coefficient (Wildman–Crippen LogP) is 4.29. The number of alkyl halides is 2. The molecule has 1 atom stereocenters. The first kappa shape index (κ1) is 21.1. The minimum Gasteiger partial charge on any atom is -0.449 e. The molecule has 0 saturated carbocycles. The van der Waals surface area contributed by atoms with Crippen molar-refractivity contribution in [3.63, 3.8) is 0 Å². The third-order valence-electron chi connectivity index (χ3n) is 3.81.